The lowest BCUT2D eigenvalue weighted by Gasteiger charge is -2.00. The Hall–Kier alpha value is -2.14. The van der Waals surface area contributed by atoms with E-state index < -0.39 is 0 Å². The molecule has 0 aliphatic carbocycles. The first-order chi connectivity index (χ1) is 10.6. The summed E-state index contributed by atoms with van der Waals surface area (Å²) in [6.07, 6.45) is 0. The van der Waals surface area contributed by atoms with Crippen LogP contribution in [0.5, 0.6) is 0 Å². The molecule has 0 N–H and O–H groups in total. The number of thioether (sulfide) groups is 2. The van der Waals surface area contributed by atoms with Gasteiger partial charge in [0.25, 0.3) is 0 Å². The van der Waals surface area contributed by atoms with Gasteiger partial charge in [0.05, 0.1) is 4.24 Å². The molecular weight excluding hydrogens is 308 g/mol. The third kappa shape index (κ3) is 2.64. The maximum Gasteiger partial charge on any atom is 0.136 e. The van der Waals surface area contributed by atoms with Crippen LogP contribution in [0.2, 0.25) is 0 Å². The van der Waals surface area contributed by atoms with Crippen molar-refractivity contribution in [2.24, 2.45) is 0 Å². The highest BCUT2D eigenvalue weighted by Gasteiger charge is 2.14. The van der Waals surface area contributed by atoms with E-state index in [1.165, 1.54) is 19.3 Å². The number of hydrogen-bond donors (Lipinski definition) is 0. The van der Waals surface area contributed by atoms with Crippen LogP contribution in [-0.4, -0.2) is 0 Å². The van der Waals surface area contributed by atoms with Gasteiger partial charge in [0, 0.05) is 5.22 Å². The first-order valence-electron chi connectivity index (χ1n) is 6.74. The zero-order chi connectivity index (χ0) is 15.7. The predicted octanol–water partition coefficient (Wildman–Crippen LogP) is 3.83. The summed E-state index contributed by atoms with van der Waals surface area (Å²) in [7, 11) is 0. The van der Waals surface area contributed by atoms with E-state index >= 15 is 0 Å². The number of benzene rings is 2. The van der Waals surface area contributed by atoms with Gasteiger partial charge in [0.15, 0.2) is 0 Å². The summed E-state index contributed by atoms with van der Waals surface area (Å²) < 4.78 is 1.31. The molecule has 0 saturated carbocycles. The number of nitriles is 2. The molecular formula is C18H12N2S2. The van der Waals surface area contributed by atoms with Crippen LogP contribution >= 0.6 is 23.5 Å². The van der Waals surface area contributed by atoms with Gasteiger partial charge in [0.2, 0.25) is 0 Å². The van der Waals surface area contributed by atoms with Crippen LogP contribution in [0.15, 0.2) is 46.2 Å². The Morgan fingerprint density at radius 3 is 2.09 bits per heavy atom. The highest BCUT2D eigenvalue weighted by atomic mass is 32.2. The van der Waals surface area contributed by atoms with Gasteiger partial charge in [-0.05, 0) is 51.8 Å². The standard InChI is InChI=1S/C18H12N2S2/c1-11-12(2)22-18(21-11)16-6-5-13-7-15(17(9-19)10-20)4-3-14(13)8-16/h3-8H,1-2H3. The van der Waals surface area contributed by atoms with Crippen molar-refractivity contribution in [3.63, 3.8) is 0 Å². The molecule has 1 heterocycles. The first-order valence-corrected chi connectivity index (χ1v) is 8.37. The molecule has 1 aliphatic heterocycles. The number of hydrogen-bond acceptors (Lipinski definition) is 4. The van der Waals surface area contributed by atoms with E-state index in [4.69, 9.17) is 10.5 Å². The highest BCUT2D eigenvalue weighted by molar-refractivity contribution is 8.35. The van der Waals surface area contributed by atoms with Crippen LogP contribution in [-0.2, 0) is 0 Å². The Morgan fingerprint density at radius 2 is 1.45 bits per heavy atom. The monoisotopic (exact) mass is 320 g/mol. The second kappa shape index (κ2) is 5.93. The molecule has 3 rings (SSSR count). The van der Waals surface area contributed by atoms with Crippen molar-refractivity contribution in [3.05, 3.63) is 56.6 Å². The van der Waals surface area contributed by atoms with Gasteiger partial charge in [-0.15, -0.1) is 0 Å². The van der Waals surface area contributed by atoms with Crippen LogP contribution < -0.4 is 10.4 Å². The average Bonchev–Trinajstić information content (AvgIpc) is 2.87. The second-order valence-corrected chi connectivity index (χ2v) is 7.69. The van der Waals surface area contributed by atoms with Crippen molar-refractivity contribution in [2.75, 3.05) is 0 Å². The van der Waals surface area contributed by atoms with E-state index in [9.17, 15) is 0 Å². The van der Waals surface area contributed by atoms with E-state index in [1.54, 1.807) is 0 Å². The zero-order valence-electron chi connectivity index (χ0n) is 12.2. The normalized spacial score (nSPS) is 14.1. The number of fused-ring (bicyclic) bond motifs is 1. The van der Waals surface area contributed by atoms with Crippen molar-refractivity contribution < 1.29 is 0 Å². The van der Waals surface area contributed by atoms with Crippen LogP contribution in [0.4, 0.5) is 0 Å². The zero-order valence-corrected chi connectivity index (χ0v) is 13.8. The summed E-state index contributed by atoms with van der Waals surface area (Å²) in [6.45, 7) is 4.29. The Labute approximate surface area is 137 Å². The van der Waals surface area contributed by atoms with Crippen molar-refractivity contribution in [2.45, 2.75) is 13.8 Å². The molecule has 1 aliphatic rings. The molecule has 0 atom stereocenters. The van der Waals surface area contributed by atoms with E-state index in [1.807, 2.05) is 53.9 Å². The predicted molar refractivity (Wildman–Crippen MR) is 94.8 cm³/mol. The topological polar surface area (TPSA) is 47.6 Å². The first kappa shape index (κ1) is 14.8. The molecule has 2 aromatic rings. The van der Waals surface area contributed by atoms with Gasteiger partial charge in [-0.1, -0.05) is 47.8 Å². The highest BCUT2D eigenvalue weighted by Crippen LogP contribution is 2.48. The minimum absolute atomic E-state index is 0.151. The lowest BCUT2D eigenvalue weighted by atomic mass is 10.1. The second-order valence-electron chi connectivity index (χ2n) is 4.98. The van der Waals surface area contributed by atoms with Crippen molar-refractivity contribution in [1.82, 2.24) is 0 Å². The summed E-state index contributed by atoms with van der Waals surface area (Å²) >= 11 is 3.64. The minimum Gasteiger partial charge on any atom is -0.192 e. The minimum atomic E-state index is 0.151. The number of allylic oxidation sites excluding steroid dienone is 2. The van der Waals surface area contributed by atoms with Gasteiger partial charge in [-0.2, -0.15) is 10.5 Å². The van der Waals surface area contributed by atoms with E-state index in [0.717, 1.165) is 10.8 Å². The van der Waals surface area contributed by atoms with Gasteiger partial charge < -0.3 is 0 Å². The third-order valence-electron chi connectivity index (χ3n) is 3.58. The summed E-state index contributed by atoms with van der Waals surface area (Å²) in [5.41, 5.74) is 0.151. The van der Waals surface area contributed by atoms with Crippen molar-refractivity contribution >= 4 is 44.1 Å². The van der Waals surface area contributed by atoms with Crippen LogP contribution in [0.3, 0.4) is 0 Å². The van der Waals surface area contributed by atoms with Crippen molar-refractivity contribution in [1.29, 1.82) is 10.5 Å². The van der Waals surface area contributed by atoms with E-state index in [2.05, 4.69) is 32.0 Å². The Bertz CT molecular complexity index is 986. The Balaban J connectivity index is 2.18. The van der Waals surface area contributed by atoms with Gasteiger partial charge in [-0.3, -0.25) is 0 Å². The quantitative estimate of drug-likeness (QED) is 0.740. The van der Waals surface area contributed by atoms with E-state index in [-0.39, 0.29) is 5.57 Å². The number of nitrogens with zero attached hydrogens (tertiary/aromatic N) is 2. The van der Waals surface area contributed by atoms with Gasteiger partial charge in [-0.25, -0.2) is 0 Å². The molecule has 106 valence electrons. The molecule has 0 unspecified atom stereocenters. The maximum absolute atomic E-state index is 8.97. The molecule has 0 fully saturated rings. The van der Waals surface area contributed by atoms with Crippen molar-refractivity contribution in [3.8, 4) is 12.1 Å². The Morgan fingerprint density at radius 1 is 0.864 bits per heavy atom. The smallest absolute Gasteiger partial charge is 0.136 e. The van der Waals surface area contributed by atoms with Crippen LogP contribution in [0.25, 0.3) is 20.6 Å². The average molecular weight is 320 g/mol. The summed E-state index contributed by atoms with van der Waals surface area (Å²) in [6, 6.07) is 15.9. The molecule has 0 saturated heterocycles. The molecule has 22 heavy (non-hydrogen) atoms. The third-order valence-corrected chi connectivity index (χ3v) is 6.27. The molecule has 2 nitrogen and oxygen atoms in total. The number of rotatable bonds is 0. The molecule has 0 radical (unpaired) electrons. The molecule has 2 aromatic carbocycles. The van der Waals surface area contributed by atoms with Crippen LogP contribution in [0.1, 0.15) is 13.8 Å². The maximum atomic E-state index is 8.97. The summed E-state index contributed by atoms with van der Waals surface area (Å²) in [5, 5.41) is 22.0. The van der Waals surface area contributed by atoms with Crippen LogP contribution in [0, 0.1) is 22.7 Å². The largest absolute Gasteiger partial charge is 0.192 e. The fraction of sp³-hybridized carbons (Fsp3) is 0.111. The van der Waals surface area contributed by atoms with Gasteiger partial charge >= 0.3 is 0 Å². The molecule has 4 heteroatoms. The lowest BCUT2D eigenvalue weighted by Crippen LogP contribution is -2.05. The lowest BCUT2D eigenvalue weighted by molar-refractivity contribution is 1.49. The SMILES string of the molecule is CC1=C(C)SC(=c2ccc3cc(=C(C#N)C#N)ccc3c2)S1. The molecule has 0 aromatic heterocycles. The molecule has 0 bridgehead atoms. The Kier molecular flexibility index (Phi) is 3.98. The van der Waals surface area contributed by atoms with Gasteiger partial charge in [0.1, 0.15) is 17.7 Å². The van der Waals surface area contributed by atoms with E-state index in [0.29, 0.717) is 5.22 Å². The fourth-order valence-electron chi connectivity index (χ4n) is 2.24. The fourth-order valence-corrected chi connectivity index (χ4v) is 4.74. The summed E-state index contributed by atoms with van der Waals surface area (Å²) in [4.78, 5) is 2.72. The summed E-state index contributed by atoms with van der Waals surface area (Å²) in [5.74, 6) is 0. The molecule has 0 amide bonds. The molecule has 0 spiro atoms.